The summed E-state index contributed by atoms with van der Waals surface area (Å²) in [5.74, 6) is 0.611. The van der Waals surface area contributed by atoms with Crippen LogP contribution in [-0.2, 0) is 11.2 Å². The quantitative estimate of drug-likeness (QED) is 0.855. The van der Waals surface area contributed by atoms with E-state index in [9.17, 15) is 4.79 Å². The molecule has 3 heterocycles. The van der Waals surface area contributed by atoms with Crippen LogP contribution in [0.3, 0.4) is 0 Å². The van der Waals surface area contributed by atoms with Gasteiger partial charge >= 0.3 is 0 Å². The van der Waals surface area contributed by atoms with Crippen molar-refractivity contribution in [3.8, 4) is 11.8 Å². The van der Waals surface area contributed by atoms with Crippen LogP contribution in [0.25, 0.3) is 0 Å². The number of amides is 1. The number of carbonyl (C=O) groups excluding carboxylic acids is 1. The topological polar surface area (TPSA) is 82.6 Å². The van der Waals surface area contributed by atoms with E-state index >= 15 is 0 Å². The third kappa shape index (κ3) is 4.06. The molecule has 0 saturated carbocycles. The van der Waals surface area contributed by atoms with Crippen molar-refractivity contribution < 1.29 is 19.0 Å². The lowest BCUT2D eigenvalue weighted by Gasteiger charge is -2.19. The first-order valence-corrected chi connectivity index (χ1v) is 8.07. The lowest BCUT2D eigenvalue weighted by molar-refractivity contribution is 0.0921. The van der Waals surface area contributed by atoms with Gasteiger partial charge in [0.2, 0.25) is 11.8 Å². The van der Waals surface area contributed by atoms with E-state index in [1.54, 1.807) is 24.5 Å². The fourth-order valence-electron chi connectivity index (χ4n) is 2.89. The van der Waals surface area contributed by atoms with Crippen LogP contribution in [-0.4, -0.2) is 49.4 Å². The van der Waals surface area contributed by atoms with Crippen LogP contribution in [0.15, 0.2) is 36.7 Å². The molecular formula is C18H21N3O4. The van der Waals surface area contributed by atoms with Crippen molar-refractivity contribution in [3.63, 3.8) is 0 Å². The average Bonchev–Trinajstić information content (AvgIpc) is 3.08. The lowest BCUT2D eigenvalue weighted by atomic mass is 9.95. The average molecular weight is 343 g/mol. The van der Waals surface area contributed by atoms with Gasteiger partial charge in [0, 0.05) is 24.4 Å². The Balaban J connectivity index is 1.69. The van der Waals surface area contributed by atoms with Gasteiger partial charge in [0.1, 0.15) is 5.56 Å². The molecule has 1 amide bonds. The van der Waals surface area contributed by atoms with Crippen molar-refractivity contribution in [2.24, 2.45) is 5.92 Å². The highest BCUT2D eigenvalue weighted by Gasteiger charge is 2.30. The second-order valence-electron chi connectivity index (χ2n) is 5.85. The van der Waals surface area contributed by atoms with Gasteiger partial charge in [-0.3, -0.25) is 9.78 Å². The SMILES string of the molecule is COc1ccc(C(=O)N[C@H]2COC[C@H]2Cc2ccncc2)c(OC)n1. The van der Waals surface area contributed by atoms with Crippen LogP contribution >= 0.6 is 0 Å². The first kappa shape index (κ1) is 17.2. The van der Waals surface area contributed by atoms with Gasteiger partial charge in [-0.2, -0.15) is 4.98 Å². The Morgan fingerprint density at radius 3 is 2.72 bits per heavy atom. The Morgan fingerprint density at radius 2 is 2.00 bits per heavy atom. The zero-order chi connectivity index (χ0) is 17.6. The number of hydrogen-bond acceptors (Lipinski definition) is 6. The first-order chi connectivity index (χ1) is 12.2. The van der Waals surface area contributed by atoms with E-state index in [4.69, 9.17) is 14.2 Å². The van der Waals surface area contributed by atoms with Gasteiger partial charge < -0.3 is 19.5 Å². The van der Waals surface area contributed by atoms with E-state index in [1.165, 1.54) is 19.8 Å². The number of pyridine rings is 2. The number of nitrogens with one attached hydrogen (secondary N) is 1. The number of aromatic nitrogens is 2. The molecule has 132 valence electrons. The molecule has 0 spiro atoms. The molecule has 0 aromatic carbocycles. The number of carbonyl (C=O) groups is 1. The van der Waals surface area contributed by atoms with E-state index < -0.39 is 0 Å². The van der Waals surface area contributed by atoms with E-state index in [0.717, 1.165) is 6.42 Å². The standard InChI is InChI=1S/C18H21N3O4/c1-23-16-4-3-14(18(21-16)24-2)17(22)20-15-11-25-10-13(15)9-12-5-7-19-8-6-12/h3-8,13,15H,9-11H2,1-2H3,(H,20,22)/t13-,15+/m1/s1. The molecule has 3 rings (SSSR count). The second kappa shape index (κ2) is 7.94. The summed E-state index contributed by atoms with van der Waals surface area (Å²) in [4.78, 5) is 20.8. The van der Waals surface area contributed by atoms with Gasteiger partial charge in [0.25, 0.3) is 5.91 Å². The molecule has 1 N–H and O–H groups in total. The van der Waals surface area contributed by atoms with Gasteiger partial charge in [0.05, 0.1) is 33.5 Å². The van der Waals surface area contributed by atoms with Crippen molar-refractivity contribution in [1.29, 1.82) is 0 Å². The number of ether oxygens (including phenoxy) is 3. The predicted molar refractivity (Wildman–Crippen MR) is 90.8 cm³/mol. The highest BCUT2D eigenvalue weighted by molar-refractivity contribution is 5.96. The third-order valence-electron chi connectivity index (χ3n) is 4.24. The fourth-order valence-corrected chi connectivity index (χ4v) is 2.89. The summed E-state index contributed by atoms with van der Waals surface area (Å²) in [6.07, 6.45) is 4.37. The fraction of sp³-hybridized carbons (Fsp3) is 0.389. The summed E-state index contributed by atoms with van der Waals surface area (Å²) in [6.45, 7) is 1.11. The summed E-state index contributed by atoms with van der Waals surface area (Å²) >= 11 is 0. The Kier molecular flexibility index (Phi) is 5.45. The monoisotopic (exact) mass is 343 g/mol. The van der Waals surface area contributed by atoms with Crippen molar-refractivity contribution in [3.05, 3.63) is 47.8 Å². The normalized spacial score (nSPS) is 19.4. The van der Waals surface area contributed by atoms with Crippen LogP contribution in [0.4, 0.5) is 0 Å². The Bertz CT molecular complexity index is 724. The van der Waals surface area contributed by atoms with E-state index in [-0.39, 0.29) is 23.7 Å². The molecule has 1 fully saturated rings. The number of hydrogen-bond donors (Lipinski definition) is 1. The van der Waals surface area contributed by atoms with E-state index in [0.29, 0.717) is 24.7 Å². The summed E-state index contributed by atoms with van der Waals surface area (Å²) in [5.41, 5.74) is 1.55. The molecule has 0 radical (unpaired) electrons. The summed E-state index contributed by atoms with van der Waals surface area (Å²) in [6, 6.07) is 7.18. The molecule has 1 aliphatic rings. The van der Waals surface area contributed by atoms with Gasteiger partial charge in [-0.05, 0) is 30.2 Å². The lowest BCUT2D eigenvalue weighted by Crippen LogP contribution is -2.40. The van der Waals surface area contributed by atoms with Crippen LogP contribution in [0.2, 0.25) is 0 Å². The zero-order valence-corrected chi connectivity index (χ0v) is 14.3. The molecular weight excluding hydrogens is 322 g/mol. The van der Waals surface area contributed by atoms with E-state index in [2.05, 4.69) is 15.3 Å². The molecule has 0 bridgehead atoms. The summed E-state index contributed by atoms with van der Waals surface area (Å²) < 4.78 is 15.8. The number of rotatable bonds is 6. The van der Waals surface area contributed by atoms with Crippen LogP contribution < -0.4 is 14.8 Å². The molecule has 1 aliphatic heterocycles. The minimum Gasteiger partial charge on any atom is -0.481 e. The minimum atomic E-state index is -0.234. The molecule has 1 saturated heterocycles. The van der Waals surface area contributed by atoms with Gasteiger partial charge in [-0.15, -0.1) is 0 Å². The van der Waals surface area contributed by atoms with Gasteiger partial charge in [0.15, 0.2) is 0 Å². The number of methoxy groups -OCH3 is 2. The van der Waals surface area contributed by atoms with Crippen LogP contribution in [0, 0.1) is 5.92 Å². The van der Waals surface area contributed by atoms with E-state index in [1.807, 2.05) is 12.1 Å². The molecule has 2 aromatic heterocycles. The molecule has 0 unspecified atom stereocenters. The maximum absolute atomic E-state index is 12.6. The van der Waals surface area contributed by atoms with Gasteiger partial charge in [-0.25, -0.2) is 0 Å². The Labute approximate surface area is 146 Å². The zero-order valence-electron chi connectivity index (χ0n) is 14.3. The Hall–Kier alpha value is -2.67. The van der Waals surface area contributed by atoms with Crippen molar-refractivity contribution in [1.82, 2.24) is 15.3 Å². The smallest absolute Gasteiger partial charge is 0.257 e. The first-order valence-electron chi connectivity index (χ1n) is 8.07. The molecule has 7 heteroatoms. The highest BCUT2D eigenvalue weighted by atomic mass is 16.5. The van der Waals surface area contributed by atoms with Crippen LogP contribution in [0.5, 0.6) is 11.8 Å². The minimum absolute atomic E-state index is 0.0625. The predicted octanol–water partition coefficient (Wildman–Crippen LogP) is 1.48. The highest BCUT2D eigenvalue weighted by Crippen LogP contribution is 2.22. The summed E-state index contributed by atoms with van der Waals surface area (Å²) in [5, 5.41) is 3.04. The molecule has 2 aromatic rings. The molecule has 25 heavy (non-hydrogen) atoms. The van der Waals surface area contributed by atoms with Crippen molar-refractivity contribution in [2.75, 3.05) is 27.4 Å². The number of nitrogens with zero attached hydrogens (tertiary/aromatic N) is 2. The molecule has 7 nitrogen and oxygen atoms in total. The Morgan fingerprint density at radius 1 is 1.20 bits per heavy atom. The van der Waals surface area contributed by atoms with Crippen molar-refractivity contribution >= 4 is 5.91 Å². The van der Waals surface area contributed by atoms with Crippen molar-refractivity contribution in [2.45, 2.75) is 12.5 Å². The maximum atomic E-state index is 12.6. The molecule has 2 atom stereocenters. The van der Waals surface area contributed by atoms with Gasteiger partial charge in [-0.1, -0.05) is 0 Å². The molecule has 0 aliphatic carbocycles. The maximum Gasteiger partial charge on any atom is 0.257 e. The van der Waals surface area contributed by atoms with Crippen LogP contribution in [0.1, 0.15) is 15.9 Å². The summed E-state index contributed by atoms with van der Waals surface area (Å²) in [7, 11) is 2.99. The third-order valence-corrected chi connectivity index (χ3v) is 4.24. The largest absolute Gasteiger partial charge is 0.481 e. The second-order valence-corrected chi connectivity index (χ2v) is 5.85.